The first-order chi connectivity index (χ1) is 11.1. The molecule has 5 nitrogen and oxygen atoms in total. The lowest BCUT2D eigenvalue weighted by atomic mass is 9.93. The third-order valence-corrected chi connectivity index (χ3v) is 4.32. The largest absolute Gasteiger partial charge is 0.349 e. The fourth-order valence-electron chi connectivity index (χ4n) is 3.00. The Kier molecular flexibility index (Phi) is 4.37. The van der Waals surface area contributed by atoms with Crippen molar-refractivity contribution in [3.63, 3.8) is 0 Å². The highest BCUT2D eigenvalue weighted by Crippen LogP contribution is 2.28. The van der Waals surface area contributed by atoms with Crippen molar-refractivity contribution in [1.29, 1.82) is 0 Å². The molecule has 5 heteroatoms. The molecule has 2 aromatic rings. The smallest absolute Gasteiger partial charge is 0.194 e. The molecule has 1 aromatic carbocycles. The van der Waals surface area contributed by atoms with Crippen molar-refractivity contribution in [3.8, 4) is 11.3 Å². The van der Waals surface area contributed by atoms with Crippen LogP contribution in [0.5, 0.6) is 0 Å². The normalized spacial score (nSPS) is 17.5. The summed E-state index contributed by atoms with van der Waals surface area (Å²) in [5.41, 5.74) is 2.56. The third-order valence-electron chi connectivity index (χ3n) is 4.32. The molecule has 1 aliphatic rings. The van der Waals surface area contributed by atoms with Gasteiger partial charge in [-0.05, 0) is 17.4 Å². The zero-order chi connectivity index (χ0) is 16.3. The van der Waals surface area contributed by atoms with E-state index in [2.05, 4.69) is 51.2 Å². The van der Waals surface area contributed by atoms with Crippen molar-refractivity contribution < 1.29 is 0 Å². The van der Waals surface area contributed by atoms with E-state index < -0.39 is 0 Å². The van der Waals surface area contributed by atoms with E-state index in [4.69, 9.17) is 0 Å². The molecule has 23 heavy (non-hydrogen) atoms. The van der Waals surface area contributed by atoms with Crippen molar-refractivity contribution in [2.45, 2.75) is 26.8 Å². The summed E-state index contributed by atoms with van der Waals surface area (Å²) in [5, 5.41) is 3.41. The quantitative estimate of drug-likeness (QED) is 0.677. The molecule has 1 aliphatic heterocycles. The second kappa shape index (κ2) is 6.44. The van der Waals surface area contributed by atoms with E-state index in [1.165, 1.54) is 6.42 Å². The van der Waals surface area contributed by atoms with Crippen LogP contribution in [-0.2, 0) is 6.54 Å². The van der Waals surface area contributed by atoms with Gasteiger partial charge in [-0.1, -0.05) is 44.2 Å². The molecule has 1 aromatic heterocycles. The zero-order valence-electron chi connectivity index (χ0n) is 14.1. The Hall–Kier alpha value is -2.30. The lowest BCUT2D eigenvalue weighted by molar-refractivity contribution is 0.370. The number of hydrogen-bond acceptors (Lipinski definition) is 2. The van der Waals surface area contributed by atoms with Gasteiger partial charge in [-0.15, -0.1) is 0 Å². The van der Waals surface area contributed by atoms with Gasteiger partial charge in [0.05, 0.1) is 18.4 Å². The van der Waals surface area contributed by atoms with Gasteiger partial charge in [-0.3, -0.25) is 4.99 Å². The summed E-state index contributed by atoms with van der Waals surface area (Å²) in [6.07, 6.45) is 3.08. The minimum absolute atomic E-state index is 0.364. The number of aromatic nitrogens is 2. The number of nitrogens with zero attached hydrogens (tertiary/aromatic N) is 3. The minimum atomic E-state index is 0.364. The van der Waals surface area contributed by atoms with Crippen molar-refractivity contribution in [2.75, 3.05) is 20.1 Å². The van der Waals surface area contributed by atoms with Crippen molar-refractivity contribution >= 4 is 5.96 Å². The molecule has 1 fully saturated rings. The molecule has 0 radical (unpaired) electrons. The summed E-state index contributed by atoms with van der Waals surface area (Å²) in [6.45, 7) is 7.36. The summed E-state index contributed by atoms with van der Waals surface area (Å²) in [7, 11) is 1.84. The second-order valence-electron chi connectivity index (χ2n) is 6.85. The lowest BCUT2D eigenvalue weighted by Gasteiger charge is -2.23. The third kappa shape index (κ3) is 3.73. The zero-order valence-corrected chi connectivity index (χ0v) is 14.1. The summed E-state index contributed by atoms with van der Waals surface area (Å²) < 4.78 is 0. The summed E-state index contributed by atoms with van der Waals surface area (Å²) in [5.74, 6) is 1.87. The fourth-order valence-corrected chi connectivity index (χ4v) is 3.00. The monoisotopic (exact) mass is 311 g/mol. The molecule has 122 valence electrons. The highest BCUT2D eigenvalue weighted by atomic mass is 15.3. The van der Waals surface area contributed by atoms with E-state index in [1.54, 1.807) is 0 Å². The molecule has 3 rings (SSSR count). The van der Waals surface area contributed by atoms with Crippen LogP contribution in [0.1, 0.15) is 26.1 Å². The maximum atomic E-state index is 4.46. The summed E-state index contributed by atoms with van der Waals surface area (Å²) in [4.78, 5) is 14.6. The van der Waals surface area contributed by atoms with Gasteiger partial charge >= 0.3 is 0 Å². The number of aromatic amines is 1. The fraction of sp³-hybridized carbons (Fsp3) is 0.444. The highest BCUT2D eigenvalue weighted by molar-refractivity contribution is 5.80. The molecule has 0 spiro atoms. The number of imidazole rings is 1. The highest BCUT2D eigenvalue weighted by Gasteiger charge is 2.30. The summed E-state index contributed by atoms with van der Waals surface area (Å²) >= 11 is 0. The average molecular weight is 311 g/mol. The number of aliphatic imine (C=N–C) groups is 1. The number of H-pyrrole nitrogens is 1. The van der Waals surface area contributed by atoms with E-state index in [1.807, 2.05) is 31.4 Å². The summed E-state index contributed by atoms with van der Waals surface area (Å²) in [6, 6.07) is 10.2. The maximum Gasteiger partial charge on any atom is 0.194 e. The molecule has 0 atom stereocenters. The number of rotatable bonds is 3. The van der Waals surface area contributed by atoms with E-state index in [0.29, 0.717) is 12.0 Å². The second-order valence-corrected chi connectivity index (χ2v) is 6.85. The Morgan fingerprint density at radius 1 is 1.35 bits per heavy atom. The number of benzene rings is 1. The van der Waals surface area contributed by atoms with Gasteiger partial charge in [0.2, 0.25) is 0 Å². The lowest BCUT2D eigenvalue weighted by Crippen LogP contribution is -2.40. The van der Waals surface area contributed by atoms with Crippen LogP contribution < -0.4 is 5.32 Å². The average Bonchev–Trinajstić information content (AvgIpc) is 3.16. The molecular weight excluding hydrogens is 286 g/mol. The Morgan fingerprint density at radius 3 is 2.78 bits per heavy atom. The number of nitrogens with one attached hydrogen (secondary N) is 2. The molecule has 0 unspecified atom stereocenters. The van der Waals surface area contributed by atoms with E-state index in [9.17, 15) is 0 Å². The van der Waals surface area contributed by atoms with Crippen molar-refractivity contribution in [2.24, 2.45) is 10.4 Å². The first-order valence-electron chi connectivity index (χ1n) is 8.12. The molecule has 2 heterocycles. The number of likely N-dealkylation sites (tertiary alicyclic amines) is 1. The maximum absolute atomic E-state index is 4.46. The predicted molar refractivity (Wildman–Crippen MR) is 94.2 cm³/mol. The Morgan fingerprint density at radius 2 is 2.13 bits per heavy atom. The predicted octanol–water partition coefficient (Wildman–Crippen LogP) is 2.88. The van der Waals surface area contributed by atoms with Gasteiger partial charge in [0, 0.05) is 20.1 Å². The van der Waals surface area contributed by atoms with Crippen LogP contribution in [0, 0.1) is 5.41 Å². The van der Waals surface area contributed by atoms with Crippen LogP contribution in [0.15, 0.2) is 41.5 Å². The molecule has 2 N–H and O–H groups in total. The molecule has 0 saturated carbocycles. The van der Waals surface area contributed by atoms with Crippen LogP contribution >= 0.6 is 0 Å². The van der Waals surface area contributed by atoms with Crippen LogP contribution in [0.2, 0.25) is 0 Å². The molecule has 0 bridgehead atoms. The van der Waals surface area contributed by atoms with Crippen LogP contribution in [0.4, 0.5) is 0 Å². The van der Waals surface area contributed by atoms with Gasteiger partial charge in [0.25, 0.3) is 0 Å². The number of guanidine groups is 1. The Balaban J connectivity index is 1.61. The van der Waals surface area contributed by atoms with Crippen LogP contribution in [0.25, 0.3) is 11.3 Å². The Labute approximate surface area is 137 Å². The standard InChI is InChI=1S/C18H25N5/c1-18(2)9-10-23(13-18)17(19-3)21-12-16-20-11-15(22-16)14-7-5-4-6-8-14/h4-8,11H,9-10,12-13H2,1-3H3,(H,19,21)(H,20,22). The SMILES string of the molecule is CN=C(NCc1ncc(-c2ccccc2)[nH]1)N1CCC(C)(C)C1. The van der Waals surface area contributed by atoms with E-state index >= 15 is 0 Å². The van der Waals surface area contributed by atoms with Gasteiger partial charge < -0.3 is 15.2 Å². The van der Waals surface area contributed by atoms with Crippen molar-refractivity contribution in [1.82, 2.24) is 20.2 Å². The molecule has 1 saturated heterocycles. The van der Waals surface area contributed by atoms with E-state index in [0.717, 1.165) is 36.1 Å². The van der Waals surface area contributed by atoms with Gasteiger partial charge in [0.1, 0.15) is 5.82 Å². The van der Waals surface area contributed by atoms with Crippen LogP contribution in [0.3, 0.4) is 0 Å². The van der Waals surface area contributed by atoms with Crippen molar-refractivity contribution in [3.05, 3.63) is 42.4 Å². The van der Waals surface area contributed by atoms with Gasteiger partial charge in [-0.25, -0.2) is 4.98 Å². The Bertz CT molecular complexity index is 672. The molecule has 0 amide bonds. The van der Waals surface area contributed by atoms with E-state index in [-0.39, 0.29) is 0 Å². The molecular formula is C18H25N5. The minimum Gasteiger partial charge on any atom is -0.349 e. The van der Waals surface area contributed by atoms with Gasteiger partial charge in [-0.2, -0.15) is 0 Å². The number of hydrogen-bond donors (Lipinski definition) is 2. The first kappa shape index (κ1) is 15.6. The van der Waals surface area contributed by atoms with Gasteiger partial charge in [0.15, 0.2) is 5.96 Å². The molecule has 0 aliphatic carbocycles. The topological polar surface area (TPSA) is 56.3 Å². The first-order valence-corrected chi connectivity index (χ1v) is 8.12. The van der Waals surface area contributed by atoms with Crippen LogP contribution in [-0.4, -0.2) is 41.0 Å².